The number of halogens is 1. The molecule has 0 fully saturated rings. The number of nitrogens with one attached hydrogen (secondary N) is 1. The highest BCUT2D eigenvalue weighted by Crippen LogP contribution is 2.34. The van der Waals surface area contributed by atoms with Crippen molar-refractivity contribution in [2.45, 2.75) is 23.5 Å². The zero-order valence-corrected chi connectivity index (χ0v) is 15.1. The van der Waals surface area contributed by atoms with Crippen LogP contribution >= 0.6 is 23.4 Å². The predicted octanol–water partition coefficient (Wildman–Crippen LogP) is 5.47. The van der Waals surface area contributed by atoms with Gasteiger partial charge in [-0.25, -0.2) is 0 Å². The van der Waals surface area contributed by atoms with Crippen LogP contribution in [0.2, 0.25) is 5.02 Å². The van der Waals surface area contributed by atoms with Crippen molar-refractivity contribution >= 4 is 34.1 Å². The fourth-order valence-electron chi connectivity index (χ4n) is 3.45. The van der Waals surface area contributed by atoms with Gasteiger partial charge in [0.05, 0.1) is 0 Å². The molecule has 1 aliphatic heterocycles. The number of fused-ring (bicyclic) bond motifs is 2. The Hall–Kier alpha value is -1.48. The van der Waals surface area contributed by atoms with Crippen molar-refractivity contribution in [2.75, 3.05) is 13.1 Å². The van der Waals surface area contributed by atoms with Gasteiger partial charge in [-0.1, -0.05) is 54.1 Å². The molecule has 0 atom stereocenters. The molecule has 0 aromatic heterocycles. The third-order valence-corrected chi connectivity index (χ3v) is 6.17. The lowest BCUT2D eigenvalue weighted by atomic mass is 9.98. The van der Waals surface area contributed by atoms with Crippen LogP contribution in [0.5, 0.6) is 0 Å². The molecule has 122 valence electrons. The van der Waals surface area contributed by atoms with E-state index >= 15 is 0 Å². The van der Waals surface area contributed by atoms with Gasteiger partial charge in [0.25, 0.3) is 0 Å². The summed E-state index contributed by atoms with van der Waals surface area (Å²) in [7, 11) is 0. The first-order chi connectivity index (χ1) is 11.8. The molecule has 0 unspecified atom stereocenters. The Morgan fingerprint density at radius 3 is 2.71 bits per heavy atom. The zero-order valence-electron chi connectivity index (χ0n) is 13.5. The maximum absolute atomic E-state index is 6.57. The summed E-state index contributed by atoms with van der Waals surface area (Å²) in [4.78, 5) is 1.33. The van der Waals surface area contributed by atoms with Crippen molar-refractivity contribution in [1.29, 1.82) is 0 Å². The number of rotatable bonds is 3. The first kappa shape index (κ1) is 16.0. The normalized spacial score (nSPS) is 14.4. The molecule has 1 nitrogen and oxygen atoms in total. The van der Waals surface area contributed by atoms with Crippen LogP contribution < -0.4 is 5.32 Å². The maximum atomic E-state index is 6.57. The van der Waals surface area contributed by atoms with E-state index in [1.807, 2.05) is 11.8 Å². The first-order valence-corrected chi connectivity index (χ1v) is 9.80. The van der Waals surface area contributed by atoms with Crippen LogP contribution in [0.15, 0.2) is 59.5 Å². The fourth-order valence-corrected chi connectivity index (χ4v) is 4.92. The van der Waals surface area contributed by atoms with Crippen LogP contribution in [0.1, 0.15) is 16.7 Å². The van der Waals surface area contributed by atoms with Crippen molar-refractivity contribution in [3.8, 4) is 0 Å². The average molecular weight is 354 g/mol. The van der Waals surface area contributed by atoms with Gasteiger partial charge in [-0.05, 0) is 65.5 Å². The molecule has 24 heavy (non-hydrogen) atoms. The van der Waals surface area contributed by atoms with E-state index in [0.29, 0.717) is 0 Å². The van der Waals surface area contributed by atoms with E-state index in [-0.39, 0.29) is 0 Å². The van der Waals surface area contributed by atoms with Crippen LogP contribution in [-0.4, -0.2) is 13.1 Å². The highest BCUT2D eigenvalue weighted by molar-refractivity contribution is 7.98. The molecule has 3 heteroatoms. The number of thioether (sulfide) groups is 1. The Kier molecular flexibility index (Phi) is 4.79. The van der Waals surface area contributed by atoms with Gasteiger partial charge in [0.1, 0.15) is 0 Å². The fraction of sp³-hybridized carbons (Fsp3) is 0.238. The summed E-state index contributed by atoms with van der Waals surface area (Å²) >= 11 is 8.46. The third-order valence-electron chi connectivity index (χ3n) is 4.72. The van der Waals surface area contributed by atoms with Gasteiger partial charge in [-0.15, -0.1) is 11.8 Å². The van der Waals surface area contributed by atoms with E-state index in [4.69, 9.17) is 11.6 Å². The van der Waals surface area contributed by atoms with E-state index < -0.39 is 0 Å². The van der Waals surface area contributed by atoms with E-state index in [2.05, 4.69) is 59.9 Å². The Labute approximate surface area is 152 Å². The van der Waals surface area contributed by atoms with Crippen molar-refractivity contribution in [2.24, 2.45) is 0 Å². The van der Waals surface area contributed by atoms with Crippen molar-refractivity contribution < 1.29 is 0 Å². The van der Waals surface area contributed by atoms with Gasteiger partial charge in [0.15, 0.2) is 0 Å². The summed E-state index contributed by atoms with van der Waals surface area (Å²) in [6, 6.07) is 19.4. The van der Waals surface area contributed by atoms with Crippen LogP contribution in [0.3, 0.4) is 0 Å². The average Bonchev–Trinajstić information content (AvgIpc) is 2.86. The standard InChI is InChI=1S/C21H20ClNS/c22-20-9-8-16-10-12-23-13-11-17(16)19(20)14-24-21-7-3-5-15-4-1-2-6-18(15)21/h1-9,23H,10-14H2. The lowest BCUT2D eigenvalue weighted by molar-refractivity contribution is 0.710. The molecule has 3 aromatic carbocycles. The van der Waals surface area contributed by atoms with E-state index in [9.17, 15) is 0 Å². The highest BCUT2D eigenvalue weighted by atomic mass is 35.5. The first-order valence-electron chi connectivity index (χ1n) is 8.43. The maximum Gasteiger partial charge on any atom is 0.0449 e. The van der Waals surface area contributed by atoms with Gasteiger partial charge >= 0.3 is 0 Å². The largest absolute Gasteiger partial charge is 0.316 e. The summed E-state index contributed by atoms with van der Waals surface area (Å²) in [5.74, 6) is 0.927. The second-order valence-electron chi connectivity index (χ2n) is 6.18. The molecule has 0 bridgehead atoms. The molecule has 1 aliphatic rings. The van der Waals surface area contributed by atoms with E-state index in [0.717, 1.165) is 36.7 Å². The van der Waals surface area contributed by atoms with Crippen LogP contribution in [0.25, 0.3) is 10.8 Å². The van der Waals surface area contributed by atoms with Crippen LogP contribution in [-0.2, 0) is 18.6 Å². The highest BCUT2D eigenvalue weighted by Gasteiger charge is 2.15. The van der Waals surface area contributed by atoms with Crippen molar-refractivity contribution in [3.63, 3.8) is 0 Å². The minimum absolute atomic E-state index is 0.906. The molecule has 4 rings (SSSR count). The minimum atomic E-state index is 0.906. The molecule has 0 amide bonds. The van der Waals surface area contributed by atoms with Gasteiger partial charge in [0.2, 0.25) is 0 Å². The summed E-state index contributed by atoms with van der Waals surface area (Å²) in [6.07, 6.45) is 2.17. The van der Waals surface area contributed by atoms with Crippen molar-refractivity contribution in [3.05, 3.63) is 76.3 Å². The van der Waals surface area contributed by atoms with Gasteiger partial charge in [-0.3, -0.25) is 0 Å². The molecule has 1 heterocycles. The molecule has 1 N–H and O–H groups in total. The molecular weight excluding hydrogens is 334 g/mol. The van der Waals surface area contributed by atoms with Gasteiger partial charge < -0.3 is 5.32 Å². The number of hydrogen-bond acceptors (Lipinski definition) is 2. The third kappa shape index (κ3) is 3.19. The predicted molar refractivity (Wildman–Crippen MR) is 105 cm³/mol. The Morgan fingerprint density at radius 1 is 0.917 bits per heavy atom. The minimum Gasteiger partial charge on any atom is -0.316 e. The molecule has 0 saturated carbocycles. The van der Waals surface area contributed by atoms with E-state index in [1.165, 1.54) is 32.4 Å². The number of hydrogen-bond donors (Lipinski definition) is 1. The molecule has 0 aliphatic carbocycles. The Balaban J connectivity index is 1.66. The van der Waals surface area contributed by atoms with Gasteiger partial charge in [-0.2, -0.15) is 0 Å². The second kappa shape index (κ2) is 7.18. The molecular formula is C21H20ClNS. The quantitative estimate of drug-likeness (QED) is 0.626. The van der Waals surface area contributed by atoms with Gasteiger partial charge in [0, 0.05) is 15.7 Å². The smallest absolute Gasteiger partial charge is 0.0449 e. The number of benzene rings is 3. The summed E-state index contributed by atoms with van der Waals surface area (Å²) in [6.45, 7) is 2.10. The topological polar surface area (TPSA) is 12.0 Å². The van der Waals surface area contributed by atoms with E-state index in [1.54, 1.807) is 0 Å². The Bertz CT molecular complexity index is 870. The van der Waals surface area contributed by atoms with Crippen LogP contribution in [0, 0.1) is 0 Å². The summed E-state index contributed by atoms with van der Waals surface area (Å²) in [5.41, 5.74) is 4.23. The molecule has 0 radical (unpaired) electrons. The molecule has 3 aromatic rings. The molecule has 0 saturated heterocycles. The SMILES string of the molecule is Clc1ccc2c(c1CSc1cccc3ccccc13)CCNCC2. The second-order valence-corrected chi connectivity index (χ2v) is 7.60. The zero-order chi connectivity index (χ0) is 16.4. The summed E-state index contributed by atoms with van der Waals surface area (Å²) < 4.78 is 0. The van der Waals surface area contributed by atoms with Crippen molar-refractivity contribution in [1.82, 2.24) is 5.32 Å². The monoisotopic (exact) mass is 353 g/mol. The lowest BCUT2D eigenvalue weighted by Gasteiger charge is -2.15. The van der Waals surface area contributed by atoms with Crippen LogP contribution in [0.4, 0.5) is 0 Å². The summed E-state index contributed by atoms with van der Waals surface area (Å²) in [5, 5.41) is 7.01. The molecule has 0 spiro atoms. The Morgan fingerprint density at radius 2 is 1.75 bits per heavy atom. The lowest BCUT2D eigenvalue weighted by Crippen LogP contribution is -2.16.